The van der Waals surface area contributed by atoms with E-state index in [1.807, 2.05) is 0 Å². The maximum Gasteiger partial charge on any atom is 0.0198 e. The van der Waals surface area contributed by atoms with Crippen molar-refractivity contribution in [3.05, 3.63) is 0 Å². The van der Waals surface area contributed by atoms with E-state index in [0.717, 1.165) is 18.0 Å². The Morgan fingerprint density at radius 1 is 1.50 bits per heavy atom. The van der Waals surface area contributed by atoms with Gasteiger partial charge in [0.15, 0.2) is 0 Å². The average molecular weight is 141 g/mol. The summed E-state index contributed by atoms with van der Waals surface area (Å²) >= 11 is 0. The zero-order chi connectivity index (χ0) is 7.72. The van der Waals surface area contributed by atoms with Crippen LogP contribution in [0.15, 0.2) is 0 Å². The summed E-state index contributed by atoms with van der Waals surface area (Å²) in [7, 11) is 0. The molecule has 0 aromatic carbocycles. The highest BCUT2D eigenvalue weighted by molar-refractivity contribution is 4.90. The van der Waals surface area contributed by atoms with E-state index < -0.39 is 0 Å². The van der Waals surface area contributed by atoms with Crippen molar-refractivity contribution in [2.45, 2.75) is 46.2 Å². The van der Waals surface area contributed by atoms with Crippen molar-refractivity contribution in [3.63, 3.8) is 0 Å². The molecule has 1 heteroatoms. The first-order valence-corrected chi connectivity index (χ1v) is 4.42. The first kappa shape index (κ1) is 8.06. The predicted molar refractivity (Wildman–Crippen MR) is 45.1 cm³/mol. The quantitative estimate of drug-likeness (QED) is 0.544. The van der Waals surface area contributed by atoms with E-state index >= 15 is 0 Å². The van der Waals surface area contributed by atoms with Gasteiger partial charge in [-0.25, -0.2) is 0 Å². The SMILES string of the molecule is CCC(C)C(C)N1CC1C. The molecule has 0 radical (unpaired) electrons. The first-order valence-electron chi connectivity index (χ1n) is 4.42. The van der Waals surface area contributed by atoms with Gasteiger partial charge in [-0.05, 0) is 19.8 Å². The lowest BCUT2D eigenvalue weighted by molar-refractivity contribution is 0.294. The molecular formula is C9H19N. The molecule has 1 nitrogen and oxygen atoms in total. The van der Waals surface area contributed by atoms with Crippen LogP contribution < -0.4 is 0 Å². The Kier molecular flexibility index (Phi) is 2.35. The van der Waals surface area contributed by atoms with E-state index in [1.165, 1.54) is 13.0 Å². The van der Waals surface area contributed by atoms with Gasteiger partial charge in [-0.15, -0.1) is 0 Å². The summed E-state index contributed by atoms with van der Waals surface area (Å²) in [5.74, 6) is 0.866. The molecule has 0 amide bonds. The van der Waals surface area contributed by atoms with Crippen LogP contribution in [0.25, 0.3) is 0 Å². The molecule has 4 unspecified atom stereocenters. The minimum Gasteiger partial charge on any atom is -0.295 e. The normalized spacial score (nSPS) is 37.2. The van der Waals surface area contributed by atoms with Crippen molar-refractivity contribution in [1.29, 1.82) is 0 Å². The molecular weight excluding hydrogens is 122 g/mol. The molecule has 1 rings (SSSR count). The second kappa shape index (κ2) is 2.91. The summed E-state index contributed by atoms with van der Waals surface area (Å²) < 4.78 is 0. The molecule has 1 fully saturated rings. The first-order chi connectivity index (χ1) is 4.66. The largest absolute Gasteiger partial charge is 0.295 e. The minimum atomic E-state index is 0.806. The summed E-state index contributed by atoms with van der Waals surface area (Å²) in [5, 5.41) is 0. The lowest BCUT2D eigenvalue weighted by Gasteiger charge is -2.19. The van der Waals surface area contributed by atoms with Gasteiger partial charge in [0.05, 0.1) is 0 Å². The van der Waals surface area contributed by atoms with Crippen LogP contribution in [-0.4, -0.2) is 23.5 Å². The Hall–Kier alpha value is -0.0400. The summed E-state index contributed by atoms with van der Waals surface area (Å²) in [4.78, 5) is 2.56. The van der Waals surface area contributed by atoms with Crippen LogP contribution in [0.5, 0.6) is 0 Å². The van der Waals surface area contributed by atoms with Crippen molar-refractivity contribution in [3.8, 4) is 0 Å². The van der Waals surface area contributed by atoms with Crippen molar-refractivity contribution in [2.24, 2.45) is 5.92 Å². The van der Waals surface area contributed by atoms with Crippen LogP contribution >= 0.6 is 0 Å². The van der Waals surface area contributed by atoms with Crippen molar-refractivity contribution < 1.29 is 0 Å². The third kappa shape index (κ3) is 1.51. The van der Waals surface area contributed by atoms with Gasteiger partial charge in [-0.1, -0.05) is 20.3 Å². The lowest BCUT2D eigenvalue weighted by Crippen LogP contribution is -2.23. The van der Waals surface area contributed by atoms with Gasteiger partial charge in [0.2, 0.25) is 0 Å². The molecule has 0 bridgehead atoms. The second-order valence-electron chi connectivity index (χ2n) is 3.67. The molecule has 1 saturated heterocycles. The molecule has 0 saturated carbocycles. The highest BCUT2D eigenvalue weighted by Gasteiger charge is 2.35. The maximum atomic E-state index is 2.56. The summed E-state index contributed by atoms with van der Waals surface area (Å²) in [6.07, 6.45) is 1.31. The second-order valence-corrected chi connectivity index (χ2v) is 3.67. The highest BCUT2D eigenvalue weighted by atomic mass is 15.3. The zero-order valence-electron chi connectivity index (χ0n) is 7.59. The van der Waals surface area contributed by atoms with Crippen molar-refractivity contribution in [2.75, 3.05) is 6.54 Å². The monoisotopic (exact) mass is 141 g/mol. The number of hydrogen-bond acceptors (Lipinski definition) is 1. The summed E-state index contributed by atoms with van der Waals surface area (Å²) in [5.41, 5.74) is 0. The fourth-order valence-electron chi connectivity index (χ4n) is 1.49. The molecule has 0 aliphatic carbocycles. The van der Waals surface area contributed by atoms with E-state index in [2.05, 4.69) is 32.6 Å². The molecule has 1 aliphatic heterocycles. The number of nitrogens with zero attached hydrogens (tertiary/aromatic N) is 1. The highest BCUT2D eigenvalue weighted by Crippen LogP contribution is 2.25. The fraction of sp³-hybridized carbons (Fsp3) is 1.00. The molecule has 4 atom stereocenters. The van der Waals surface area contributed by atoms with Crippen LogP contribution in [0.3, 0.4) is 0 Å². The van der Waals surface area contributed by atoms with E-state index in [1.54, 1.807) is 0 Å². The van der Waals surface area contributed by atoms with Gasteiger partial charge in [-0.2, -0.15) is 0 Å². The lowest BCUT2D eigenvalue weighted by atomic mass is 10.0. The molecule has 0 spiro atoms. The van der Waals surface area contributed by atoms with Gasteiger partial charge in [-0.3, -0.25) is 4.90 Å². The fourth-order valence-corrected chi connectivity index (χ4v) is 1.49. The summed E-state index contributed by atoms with van der Waals surface area (Å²) in [6.45, 7) is 10.6. The Balaban J connectivity index is 2.27. The molecule has 1 heterocycles. The van der Waals surface area contributed by atoms with Crippen LogP contribution in [0.2, 0.25) is 0 Å². The Labute approximate surface area is 64.4 Å². The van der Waals surface area contributed by atoms with Crippen LogP contribution in [0, 0.1) is 5.92 Å². The summed E-state index contributed by atoms with van der Waals surface area (Å²) in [6, 6.07) is 1.67. The number of hydrogen-bond donors (Lipinski definition) is 0. The Morgan fingerprint density at radius 2 is 2.00 bits per heavy atom. The third-order valence-electron chi connectivity index (χ3n) is 2.90. The predicted octanol–water partition coefficient (Wildman–Crippen LogP) is 2.13. The van der Waals surface area contributed by atoms with Gasteiger partial charge in [0.1, 0.15) is 0 Å². The topological polar surface area (TPSA) is 3.01 Å². The van der Waals surface area contributed by atoms with Crippen molar-refractivity contribution >= 4 is 0 Å². The molecule has 60 valence electrons. The maximum absolute atomic E-state index is 2.56. The molecule has 0 aromatic rings. The van der Waals surface area contributed by atoms with E-state index in [9.17, 15) is 0 Å². The van der Waals surface area contributed by atoms with Crippen LogP contribution in [-0.2, 0) is 0 Å². The molecule has 0 N–H and O–H groups in total. The minimum absolute atomic E-state index is 0.806. The van der Waals surface area contributed by atoms with Crippen molar-refractivity contribution in [1.82, 2.24) is 4.90 Å². The average Bonchev–Trinajstić information content (AvgIpc) is 2.63. The smallest absolute Gasteiger partial charge is 0.0198 e. The van der Waals surface area contributed by atoms with E-state index in [4.69, 9.17) is 0 Å². The van der Waals surface area contributed by atoms with Gasteiger partial charge in [0, 0.05) is 18.6 Å². The van der Waals surface area contributed by atoms with Gasteiger partial charge >= 0.3 is 0 Å². The third-order valence-corrected chi connectivity index (χ3v) is 2.90. The zero-order valence-corrected chi connectivity index (χ0v) is 7.59. The number of rotatable bonds is 3. The molecule has 0 aromatic heterocycles. The van der Waals surface area contributed by atoms with E-state index in [0.29, 0.717) is 0 Å². The molecule has 1 aliphatic rings. The Morgan fingerprint density at radius 3 is 2.30 bits per heavy atom. The van der Waals surface area contributed by atoms with Crippen LogP contribution in [0.4, 0.5) is 0 Å². The van der Waals surface area contributed by atoms with Gasteiger partial charge < -0.3 is 0 Å². The Bertz CT molecular complexity index is 107. The van der Waals surface area contributed by atoms with E-state index in [-0.39, 0.29) is 0 Å². The standard InChI is InChI=1S/C9H19N/c1-5-7(2)9(4)10-6-8(10)3/h7-9H,5-6H2,1-4H3. The molecule has 10 heavy (non-hydrogen) atoms. The van der Waals surface area contributed by atoms with Gasteiger partial charge in [0.25, 0.3) is 0 Å². The van der Waals surface area contributed by atoms with Crippen LogP contribution in [0.1, 0.15) is 34.1 Å².